The lowest BCUT2D eigenvalue weighted by Crippen LogP contribution is -2.40. The number of rotatable bonds is 5. The summed E-state index contributed by atoms with van der Waals surface area (Å²) in [5, 5.41) is 23.5. The lowest BCUT2D eigenvalue weighted by molar-refractivity contribution is -0.120. The molecule has 0 aromatic heterocycles. The van der Waals surface area contributed by atoms with Crippen LogP contribution in [0.15, 0.2) is 18.2 Å². The molecule has 7 nitrogen and oxygen atoms in total. The minimum atomic E-state index is -0.647. The van der Waals surface area contributed by atoms with Gasteiger partial charge in [-0.2, -0.15) is 0 Å². The number of aromatic hydroxyl groups is 2. The van der Waals surface area contributed by atoms with Gasteiger partial charge in [-0.05, 0) is 44.9 Å². The molecule has 0 saturated heterocycles. The number of alkyl carbamates (subject to hydrolysis) is 1. The largest absolute Gasteiger partial charge is 0.504 e. The Bertz CT molecular complexity index is 537. The van der Waals surface area contributed by atoms with Crippen molar-refractivity contribution in [2.45, 2.75) is 32.8 Å². The monoisotopic (exact) mass is 310 g/mol. The Hall–Kier alpha value is -2.44. The van der Waals surface area contributed by atoms with Crippen LogP contribution in [0.25, 0.3) is 0 Å². The molecule has 0 bridgehead atoms. The van der Waals surface area contributed by atoms with E-state index in [-0.39, 0.29) is 24.0 Å². The van der Waals surface area contributed by atoms with Crippen LogP contribution in [0.1, 0.15) is 26.3 Å². The van der Waals surface area contributed by atoms with Crippen molar-refractivity contribution in [2.75, 3.05) is 13.1 Å². The molecule has 122 valence electrons. The number of carbonyl (C=O) groups excluding carboxylic acids is 2. The Balaban J connectivity index is 2.26. The highest BCUT2D eigenvalue weighted by molar-refractivity contribution is 5.82. The summed E-state index contributed by atoms with van der Waals surface area (Å²) in [5.41, 5.74) is 0.164. The third-order valence-electron chi connectivity index (χ3n) is 2.57. The number of ether oxygens (including phenoxy) is 1. The van der Waals surface area contributed by atoms with Crippen molar-refractivity contribution in [3.8, 4) is 11.5 Å². The predicted molar refractivity (Wildman–Crippen MR) is 80.7 cm³/mol. The van der Waals surface area contributed by atoms with Gasteiger partial charge in [0.15, 0.2) is 11.5 Å². The number of hydrogen-bond acceptors (Lipinski definition) is 5. The number of phenolic OH excluding ortho intramolecular Hbond substituents is 2. The van der Waals surface area contributed by atoms with Crippen LogP contribution in [0, 0.1) is 0 Å². The number of benzene rings is 1. The predicted octanol–water partition coefficient (Wildman–Crippen LogP) is 1.28. The quantitative estimate of drug-likeness (QED) is 0.613. The molecule has 0 fully saturated rings. The van der Waals surface area contributed by atoms with Gasteiger partial charge >= 0.3 is 6.09 Å². The van der Waals surface area contributed by atoms with E-state index in [9.17, 15) is 19.8 Å². The fraction of sp³-hybridized carbons (Fsp3) is 0.467. The van der Waals surface area contributed by atoms with E-state index in [0.29, 0.717) is 13.0 Å². The van der Waals surface area contributed by atoms with Crippen LogP contribution >= 0.6 is 0 Å². The lowest BCUT2D eigenvalue weighted by Gasteiger charge is -2.19. The first-order chi connectivity index (χ1) is 10.2. The lowest BCUT2D eigenvalue weighted by atomic mass is 10.1. The highest BCUT2D eigenvalue weighted by atomic mass is 16.6. The second-order valence-electron chi connectivity index (χ2n) is 5.78. The molecule has 1 aromatic carbocycles. The van der Waals surface area contributed by atoms with E-state index in [2.05, 4.69) is 10.6 Å². The molecule has 0 radical (unpaired) electrons. The molecule has 1 aromatic rings. The van der Waals surface area contributed by atoms with E-state index >= 15 is 0 Å². The topological polar surface area (TPSA) is 108 Å². The fourth-order valence-corrected chi connectivity index (χ4v) is 1.60. The summed E-state index contributed by atoms with van der Waals surface area (Å²) in [5.74, 6) is -0.723. The van der Waals surface area contributed by atoms with E-state index in [1.165, 1.54) is 12.1 Å². The molecular formula is C15H22N2O5. The Morgan fingerprint density at radius 1 is 1.14 bits per heavy atom. The summed E-state index contributed by atoms with van der Waals surface area (Å²) >= 11 is 0. The van der Waals surface area contributed by atoms with Crippen LogP contribution in [-0.4, -0.2) is 40.9 Å². The Morgan fingerprint density at radius 2 is 1.82 bits per heavy atom. The number of carbonyl (C=O) groups is 2. The van der Waals surface area contributed by atoms with Crippen molar-refractivity contribution in [3.05, 3.63) is 23.8 Å². The van der Waals surface area contributed by atoms with Crippen molar-refractivity contribution in [1.82, 2.24) is 10.6 Å². The minimum Gasteiger partial charge on any atom is -0.504 e. The number of nitrogens with one attached hydrogen (secondary N) is 2. The molecule has 7 heteroatoms. The minimum absolute atomic E-state index is 0.171. The third kappa shape index (κ3) is 6.83. The maximum Gasteiger partial charge on any atom is 0.408 e. The second kappa shape index (κ2) is 7.53. The van der Waals surface area contributed by atoms with Gasteiger partial charge in [-0.25, -0.2) is 4.79 Å². The number of amides is 2. The van der Waals surface area contributed by atoms with E-state index in [1.807, 2.05) is 0 Å². The van der Waals surface area contributed by atoms with Gasteiger partial charge in [-0.3, -0.25) is 4.79 Å². The standard InChI is InChI=1S/C15H22N2O5/c1-15(2,3)22-14(21)17-9-13(20)16-7-6-10-4-5-11(18)12(19)8-10/h4-5,8,18-19H,6-7,9H2,1-3H3,(H,16,20)(H,17,21). The summed E-state index contributed by atoms with van der Waals surface area (Å²) in [4.78, 5) is 22.9. The molecule has 4 N–H and O–H groups in total. The third-order valence-corrected chi connectivity index (χ3v) is 2.57. The van der Waals surface area contributed by atoms with Crippen LogP contribution in [0.2, 0.25) is 0 Å². The average molecular weight is 310 g/mol. The molecule has 0 spiro atoms. The number of phenols is 2. The maximum absolute atomic E-state index is 11.6. The van der Waals surface area contributed by atoms with Crippen molar-refractivity contribution in [1.29, 1.82) is 0 Å². The molecule has 0 aliphatic carbocycles. The van der Waals surface area contributed by atoms with Crippen molar-refractivity contribution in [2.24, 2.45) is 0 Å². The molecule has 2 amide bonds. The van der Waals surface area contributed by atoms with Crippen LogP contribution in [0.3, 0.4) is 0 Å². The van der Waals surface area contributed by atoms with E-state index in [0.717, 1.165) is 5.56 Å². The first-order valence-corrected chi connectivity index (χ1v) is 6.92. The SMILES string of the molecule is CC(C)(C)OC(=O)NCC(=O)NCCc1ccc(O)c(O)c1. The molecule has 0 unspecified atom stereocenters. The van der Waals surface area contributed by atoms with Gasteiger partial charge in [-0.15, -0.1) is 0 Å². The zero-order chi connectivity index (χ0) is 16.8. The Morgan fingerprint density at radius 3 is 2.41 bits per heavy atom. The van der Waals surface area contributed by atoms with Crippen LogP contribution in [-0.2, 0) is 16.0 Å². The maximum atomic E-state index is 11.6. The van der Waals surface area contributed by atoms with Gasteiger partial charge in [0.1, 0.15) is 5.60 Å². The Kier molecular flexibility index (Phi) is 6.03. The van der Waals surface area contributed by atoms with Gasteiger partial charge in [0.05, 0.1) is 6.54 Å². The van der Waals surface area contributed by atoms with Crippen LogP contribution in [0.4, 0.5) is 4.79 Å². The van der Waals surface area contributed by atoms with Gasteiger partial charge in [-0.1, -0.05) is 6.07 Å². The van der Waals surface area contributed by atoms with Crippen molar-refractivity contribution >= 4 is 12.0 Å². The molecule has 0 atom stereocenters. The van der Waals surface area contributed by atoms with E-state index < -0.39 is 11.7 Å². The van der Waals surface area contributed by atoms with Crippen LogP contribution < -0.4 is 10.6 Å². The summed E-state index contributed by atoms with van der Waals surface area (Å²) in [7, 11) is 0. The molecule has 22 heavy (non-hydrogen) atoms. The summed E-state index contributed by atoms with van der Waals surface area (Å²) in [6.45, 7) is 5.38. The zero-order valence-corrected chi connectivity index (χ0v) is 13.0. The highest BCUT2D eigenvalue weighted by Gasteiger charge is 2.16. The van der Waals surface area contributed by atoms with Gasteiger partial charge in [0.2, 0.25) is 5.91 Å². The van der Waals surface area contributed by atoms with Gasteiger partial charge < -0.3 is 25.6 Å². The molecule has 0 aliphatic rings. The van der Waals surface area contributed by atoms with E-state index in [4.69, 9.17) is 4.74 Å². The van der Waals surface area contributed by atoms with Crippen LogP contribution in [0.5, 0.6) is 11.5 Å². The van der Waals surface area contributed by atoms with E-state index in [1.54, 1.807) is 26.8 Å². The molecule has 0 aliphatic heterocycles. The summed E-state index contributed by atoms with van der Waals surface area (Å²) in [6.07, 6.45) is -0.155. The first-order valence-electron chi connectivity index (χ1n) is 6.92. The zero-order valence-electron chi connectivity index (χ0n) is 13.0. The summed E-state index contributed by atoms with van der Waals surface area (Å²) in [6, 6.07) is 4.47. The average Bonchev–Trinajstić information content (AvgIpc) is 2.38. The second-order valence-corrected chi connectivity index (χ2v) is 5.78. The summed E-state index contributed by atoms with van der Waals surface area (Å²) < 4.78 is 5.00. The Labute approximate surface area is 129 Å². The van der Waals surface area contributed by atoms with Gasteiger partial charge in [0, 0.05) is 6.54 Å². The van der Waals surface area contributed by atoms with Crippen molar-refractivity contribution in [3.63, 3.8) is 0 Å². The normalized spacial score (nSPS) is 10.9. The van der Waals surface area contributed by atoms with Gasteiger partial charge in [0.25, 0.3) is 0 Å². The highest BCUT2D eigenvalue weighted by Crippen LogP contribution is 2.24. The molecular weight excluding hydrogens is 288 g/mol. The fourth-order valence-electron chi connectivity index (χ4n) is 1.60. The molecule has 0 heterocycles. The molecule has 1 rings (SSSR count). The first kappa shape index (κ1) is 17.6. The molecule has 0 saturated carbocycles. The number of hydrogen-bond donors (Lipinski definition) is 4. The van der Waals surface area contributed by atoms with Crippen molar-refractivity contribution < 1.29 is 24.5 Å². The smallest absolute Gasteiger partial charge is 0.408 e.